The Hall–Kier alpha value is -1.30. The first-order valence-electron chi connectivity index (χ1n) is 7.99. The Morgan fingerprint density at radius 3 is 2.38 bits per heavy atom. The third kappa shape index (κ3) is 4.59. The Morgan fingerprint density at radius 1 is 1.10 bits per heavy atom. The van der Waals surface area contributed by atoms with Crippen LogP contribution in [0.3, 0.4) is 0 Å². The van der Waals surface area contributed by atoms with Crippen molar-refractivity contribution in [2.75, 3.05) is 19.7 Å². The van der Waals surface area contributed by atoms with Crippen molar-refractivity contribution in [1.82, 2.24) is 10.6 Å². The van der Waals surface area contributed by atoms with E-state index < -0.39 is 11.4 Å². The Kier molecular flexibility index (Phi) is 5.85. The molecule has 0 bridgehead atoms. The van der Waals surface area contributed by atoms with E-state index in [2.05, 4.69) is 10.6 Å². The van der Waals surface area contributed by atoms with E-state index in [4.69, 9.17) is 9.84 Å². The number of carbonyl (C=O) groups excluding carboxylic acids is 1. The van der Waals surface area contributed by atoms with E-state index in [1.165, 1.54) is 19.3 Å². The van der Waals surface area contributed by atoms with Crippen molar-refractivity contribution in [3.63, 3.8) is 0 Å². The van der Waals surface area contributed by atoms with E-state index in [0.717, 1.165) is 19.3 Å². The van der Waals surface area contributed by atoms with Gasteiger partial charge in [0.05, 0.1) is 18.1 Å². The van der Waals surface area contributed by atoms with Crippen LogP contribution in [0.5, 0.6) is 0 Å². The minimum Gasteiger partial charge on any atom is -0.481 e. The monoisotopic (exact) mass is 298 g/mol. The minimum absolute atomic E-state index is 0.206. The summed E-state index contributed by atoms with van der Waals surface area (Å²) in [6, 6.07) is -0.310. The van der Waals surface area contributed by atoms with Crippen molar-refractivity contribution in [2.45, 2.75) is 57.5 Å². The fourth-order valence-electron chi connectivity index (χ4n) is 3.00. The SMILES string of the molecule is O=C(NCCOC1CCCCC1)NCC1(C(=O)O)CCC1. The van der Waals surface area contributed by atoms with Crippen molar-refractivity contribution in [2.24, 2.45) is 5.41 Å². The quantitative estimate of drug-likeness (QED) is 0.626. The van der Waals surface area contributed by atoms with Crippen molar-refractivity contribution in [3.8, 4) is 0 Å². The van der Waals surface area contributed by atoms with E-state index in [9.17, 15) is 9.59 Å². The van der Waals surface area contributed by atoms with Gasteiger partial charge < -0.3 is 20.5 Å². The Morgan fingerprint density at radius 2 is 1.81 bits per heavy atom. The van der Waals surface area contributed by atoms with E-state index >= 15 is 0 Å². The summed E-state index contributed by atoms with van der Waals surface area (Å²) in [5, 5.41) is 14.5. The number of carboxylic acids is 1. The molecule has 2 fully saturated rings. The number of rotatable bonds is 7. The zero-order valence-corrected chi connectivity index (χ0v) is 12.5. The van der Waals surface area contributed by atoms with Crippen LogP contribution in [0.25, 0.3) is 0 Å². The van der Waals surface area contributed by atoms with Crippen LogP contribution < -0.4 is 10.6 Å². The molecule has 2 amide bonds. The van der Waals surface area contributed by atoms with Gasteiger partial charge in [-0.25, -0.2) is 4.79 Å². The number of carboxylic acid groups (broad SMARTS) is 1. The molecule has 2 rings (SSSR count). The fourth-order valence-corrected chi connectivity index (χ4v) is 3.00. The molecule has 3 N–H and O–H groups in total. The maximum Gasteiger partial charge on any atom is 0.314 e. The number of amides is 2. The van der Waals surface area contributed by atoms with Gasteiger partial charge in [-0.05, 0) is 25.7 Å². The molecule has 2 saturated carbocycles. The lowest BCUT2D eigenvalue weighted by Crippen LogP contribution is -2.50. The third-order valence-electron chi connectivity index (χ3n) is 4.65. The molecule has 0 aromatic carbocycles. The molecule has 0 atom stereocenters. The second kappa shape index (κ2) is 7.64. The molecule has 120 valence electrons. The van der Waals surface area contributed by atoms with Crippen LogP contribution in [-0.2, 0) is 9.53 Å². The van der Waals surface area contributed by atoms with Crippen LogP contribution >= 0.6 is 0 Å². The highest BCUT2D eigenvalue weighted by Gasteiger charge is 2.44. The average Bonchev–Trinajstić information content (AvgIpc) is 2.43. The predicted octanol–water partition coefficient (Wildman–Crippen LogP) is 1.89. The number of hydrogen-bond donors (Lipinski definition) is 3. The number of aliphatic carboxylic acids is 1. The molecule has 0 heterocycles. The normalized spacial score (nSPS) is 21.3. The van der Waals surface area contributed by atoms with Gasteiger partial charge in [-0.1, -0.05) is 25.7 Å². The first-order chi connectivity index (χ1) is 10.1. The molecule has 6 heteroatoms. The third-order valence-corrected chi connectivity index (χ3v) is 4.65. The molecule has 0 aromatic rings. The van der Waals surface area contributed by atoms with E-state index in [1.807, 2.05) is 0 Å². The summed E-state index contributed by atoms with van der Waals surface area (Å²) in [4.78, 5) is 22.8. The van der Waals surface area contributed by atoms with Crippen LogP contribution in [0.4, 0.5) is 4.79 Å². The zero-order chi connectivity index (χ0) is 15.1. The Labute approximate surface area is 125 Å². The van der Waals surface area contributed by atoms with Crippen molar-refractivity contribution >= 4 is 12.0 Å². The molecule has 0 aliphatic heterocycles. The van der Waals surface area contributed by atoms with Crippen LogP contribution in [0.15, 0.2) is 0 Å². The molecule has 0 unspecified atom stereocenters. The molecule has 6 nitrogen and oxygen atoms in total. The summed E-state index contributed by atoms with van der Waals surface area (Å²) in [5.41, 5.74) is -0.740. The number of nitrogens with one attached hydrogen (secondary N) is 2. The topological polar surface area (TPSA) is 87.7 Å². The van der Waals surface area contributed by atoms with Gasteiger partial charge in [0, 0.05) is 13.1 Å². The summed E-state index contributed by atoms with van der Waals surface area (Å²) >= 11 is 0. The highest BCUT2D eigenvalue weighted by atomic mass is 16.5. The molecular formula is C15H26N2O4. The van der Waals surface area contributed by atoms with Gasteiger partial charge in [-0.2, -0.15) is 0 Å². The maximum absolute atomic E-state index is 11.6. The molecule has 21 heavy (non-hydrogen) atoms. The lowest BCUT2D eigenvalue weighted by molar-refractivity contribution is -0.153. The average molecular weight is 298 g/mol. The molecule has 2 aliphatic rings. The van der Waals surface area contributed by atoms with Gasteiger partial charge in [0.25, 0.3) is 0 Å². The van der Waals surface area contributed by atoms with E-state index in [-0.39, 0.29) is 12.6 Å². The number of urea groups is 1. The lowest BCUT2D eigenvalue weighted by atomic mass is 9.69. The summed E-state index contributed by atoms with van der Waals surface area (Å²) in [7, 11) is 0. The number of carbonyl (C=O) groups is 2. The van der Waals surface area contributed by atoms with E-state index in [1.54, 1.807) is 0 Å². The van der Waals surface area contributed by atoms with Gasteiger partial charge in [0.1, 0.15) is 0 Å². The summed E-state index contributed by atoms with van der Waals surface area (Å²) in [6.45, 7) is 1.18. The largest absolute Gasteiger partial charge is 0.481 e. The van der Waals surface area contributed by atoms with Crippen LogP contribution in [0, 0.1) is 5.41 Å². The van der Waals surface area contributed by atoms with Crippen LogP contribution in [0.2, 0.25) is 0 Å². The van der Waals surface area contributed by atoms with Gasteiger partial charge in [0.2, 0.25) is 0 Å². The highest BCUT2D eigenvalue weighted by Crippen LogP contribution is 2.40. The van der Waals surface area contributed by atoms with Crippen LogP contribution in [-0.4, -0.2) is 42.9 Å². The highest BCUT2D eigenvalue weighted by molar-refractivity contribution is 5.78. The first-order valence-corrected chi connectivity index (χ1v) is 7.99. The zero-order valence-electron chi connectivity index (χ0n) is 12.5. The molecule has 0 spiro atoms. The van der Waals surface area contributed by atoms with Gasteiger partial charge >= 0.3 is 12.0 Å². The predicted molar refractivity (Wildman–Crippen MR) is 78.1 cm³/mol. The summed E-state index contributed by atoms with van der Waals surface area (Å²) < 4.78 is 5.71. The summed E-state index contributed by atoms with van der Waals surface area (Å²) in [6.07, 6.45) is 8.55. The number of hydrogen-bond acceptors (Lipinski definition) is 3. The Balaban J connectivity index is 1.54. The maximum atomic E-state index is 11.6. The fraction of sp³-hybridized carbons (Fsp3) is 0.867. The van der Waals surface area contributed by atoms with Gasteiger partial charge in [-0.3, -0.25) is 4.79 Å². The van der Waals surface area contributed by atoms with Gasteiger partial charge in [-0.15, -0.1) is 0 Å². The minimum atomic E-state index is -0.810. The lowest BCUT2D eigenvalue weighted by Gasteiger charge is -2.37. The smallest absolute Gasteiger partial charge is 0.314 e. The molecule has 0 radical (unpaired) electrons. The number of ether oxygens (including phenoxy) is 1. The summed E-state index contributed by atoms with van der Waals surface area (Å²) in [5.74, 6) is -0.810. The van der Waals surface area contributed by atoms with E-state index in [0.29, 0.717) is 32.1 Å². The molecular weight excluding hydrogens is 272 g/mol. The molecule has 0 saturated heterocycles. The van der Waals surface area contributed by atoms with Crippen LogP contribution in [0.1, 0.15) is 51.4 Å². The standard InChI is InChI=1S/C15H26N2O4/c18-13(19)15(7-4-8-15)11-17-14(20)16-9-10-21-12-5-2-1-3-6-12/h12H,1-11H2,(H,18,19)(H2,16,17,20). The second-order valence-electron chi connectivity index (χ2n) is 6.18. The molecule has 0 aromatic heterocycles. The molecule has 2 aliphatic carbocycles. The van der Waals surface area contributed by atoms with Crippen molar-refractivity contribution < 1.29 is 19.4 Å². The van der Waals surface area contributed by atoms with Crippen molar-refractivity contribution in [1.29, 1.82) is 0 Å². The Bertz CT molecular complexity index is 363. The van der Waals surface area contributed by atoms with Crippen molar-refractivity contribution in [3.05, 3.63) is 0 Å². The van der Waals surface area contributed by atoms with Gasteiger partial charge in [0.15, 0.2) is 0 Å². The first kappa shape index (κ1) is 16.1. The second-order valence-corrected chi connectivity index (χ2v) is 6.18.